The molecule has 0 heterocycles. The summed E-state index contributed by atoms with van der Waals surface area (Å²) in [6, 6.07) is 0. The van der Waals surface area contributed by atoms with Gasteiger partial charge in [-0.05, 0) is 0 Å². The molecule has 1 radical (unpaired) electrons. The molecule has 0 atom stereocenters. The Kier molecular flexibility index (Phi) is 4.43. The van der Waals surface area contributed by atoms with Gasteiger partial charge in [0.05, 0.1) is 0 Å². The van der Waals surface area contributed by atoms with Gasteiger partial charge in [0.15, 0.2) is 0 Å². The minimum Gasteiger partial charge on any atom is -0.299 e. The van der Waals surface area contributed by atoms with Crippen LogP contribution in [0.3, 0.4) is 0 Å². The summed E-state index contributed by atoms with van der Waals surface area (Å²) >= 11 is 0. The standard InChI is InChI=1S/FH2O3P.Mn/c1-5(2,3)4;/h(H2,2,3,4);. The van der Waals surface area contributed by atoms with Crippen molar-refractivity contribution in [3.63, 3.8) is 0 Å². The summed E-state index contributed by atoms with van der Waals surface area (Å²) in [4.78, 5) is 13.9. The van der Waals surface area contributed by atoms with Crippen LogP contribution in [0.5, 0.6) is 0 Å². The van der Waals surface area contributed by atoms with E-state index >= 15 is 0 Å². The van der Waals surface area contributed by atoms with Crippen molar-refractivity contribution in [2.24, 2.45) is 0 Å². The van der Waals surface area contributed by atoms with Crippen molar-refractivity contribution in [3.05, 3.63) is 0 Å². The predicted molar refractivity (Wildman–Crippen MR) is 13.2 cm³/mol. The fraction of sp³-hybridized carbons (Fsp3) is 0. The molecule has 0 aliphatic carbocycles. The van der Waals surface area contributed by atoms with Crippen LogP contribution in [0, 0.1) is 0 Å². The molecule has 0 unspecified atom stereocenters. The second-order valence-corrected chi connectivity index (χ2v) is 1.42. The van der Waals surface area contributed by atoms with E-state index in [1.54, 1.807) is 0 Å². The SMILES string of the molecule is O=P(O)(O)F.[Mn]. The van der Waals surface area contributed by atoms with E-state index in [0.717, 1.165) is 0 Å². The van der Waals surface area contributed by atoms with Gasteiger partial charge in [-0.1, -0.05) is 0 Å². The molecule has 6 heavy (non-hydrogen) atoms. The van der Waals surface area contributed by atoms with Gasteiger partial charge < -0.3 is 0 Å². The van der Waals surface area contributed by atoms with Crippen molar-refractivity contribution in [1.29, 1.82) is 0 Å². The molecule has 0 saturated carbocycles. The van der Waals surface area contributed by atoms with Crippen LogP contribution in [0.4, 0.5) is 4.20 Å². The van der Waals surface area contributed by atoms with E-state index in [1.165, 1.54) is 0 Å². The minimum absolute atomic E-state index is 0. The molecule has 0 rings (SSSR count). The molecule has 0 aromatic carbocycles. The summed E-state index contributed by atoms with van der Waals surface area (Å²) < 4.78 is 19.0. The molecule has 6 heteroatoms. The van der Waals surface area contributed by atoms with Crippen LogP contribution in [0.15, 0.2) is 0 Å². The maximum absolute atomic E-state index is 10.4. The van der Waals surface area contributed by atoms with Crippen molar-refractivity contribution >= 4 is 7.91 Å². The number of halogens is 1. The summed E-state index contributed by atoms with van der Waals surface area (Å²) in [5.41, 5.74) is 0. The van der Waals surface area contributed by atoms with Crippen molar-refractivity contribution in [2.75, 3.05) is 0 Å². The topological polar surface area (TPSA) is 57.5 Å². The van der Waals surface area contributed by atoms with Gasteiger partial charge in [0.25, 0.3) is 0 Å². The first-order valence-corrected chi connectivity index (χ1v) is 2.25. The third kappa shape index (κ3) is 166. The van der Waals surface area contributed by atoms with Crippen LogP contribution in [-0.4, -0.2) is 9.79 Å². The van der Waals surface area contributed by atoms with Crippen molar-refractivity contribution in [3.8, 4) is 0 Å². The van der Waals surface area contributed by atoms with Crippen LogP contribution in [-0.2, 0) is 21.6 Å². The van der Waals surface area contributed by atoms with Gasteiger partial charge in [0.1, 0.15) is 0 Å². The third-order valence-corrected chi connectivity index (χ3v) is 0. The normalized spacial score (nSPS) is 9.83. The van der Waals surface area contributed by atoms with Gasteiger partial charge in [-0.2, -0.15) is 0 Å². The quantitative estimate of drug-likeness (QED) is 0.383. The molecule has 0 aliphatic heterocycles. The predicted octanol–water partition coefficient (Wildman–Crippen LogP) is 0.0461. The van der Waals surface area contributed by atoms with Gasteiger partial charge >= 0.3 is 7.91 Å². The molecule has 0 aromatic rings. The number of rotatable bonds is 0. The molecular formula is H2FMnO3P. The summed E-state index contributed by atoms with van der Waals surface area (Å²) in [5, 5.41) is 0. The Bertz CT molecular complexity index is 56.9. The first-order valence-electron chi connectivity index (χ1n) is 0.752. The first-order chi connectivity index (χ1) is 2.00. The molecular weight excluding hydrogens is 153 g/mol. The van der Waals surface area contributed by atoms with Crippen molar-refractivity contribution in [1.82, 2.24) is 0 Å². The van der Waals surface area contributed by atoms with Crippen molar-refractivity contribution in [2.45, 2.75) is 0 Å². The third-order valence-electron chi connectivity index (χ3n) is 0. The Morgan fingerprint density at radius 1 is 1.50 bits per heavy atom. The maximum Gasteiger partial charge on any atom is 0.507 e. The number of hydrogen-bond acceptors (Lipinski definition) is 1. The maximum atomic E-state index is 10.4. The minimum atomic E-state index is -5.14. The van der Waals surface area contributed by atoms with Crippen LogP contribution < -0.4 is 0 Å². The van der Waals surface area contributed by atoms with E-state index < -0.39 is 7.91 Å². The smallest absolute Gasteiger partial charge is 0.299 e. The summed E-state index contributed by atoms with van der Waals surface area (Å²) in [6.45, 7) is 0. The zero-order valence-corrected chi connectivity index (χ0v) is 4.58. The largest absolute Gasteiger partial charge is 0.507 e. The summed E-state index contributed by atoms with van der Waals surface area (Å²) in [6.07, 6.45) is 0. The molecule has 0 aromatic heterocycles. The second kappa shape index (κ2) is 2.72. The molecule has 0 bridgehead atoms. The van der Waals surface area contributed by atoms with Gasteiger partial charge in [-0.15, -0.1) is 4.20 Å². The van der Waals surface area contributed by atoms with E-state index in [2.05, 4.69) is 0 Å². The van der Waals surface area contributed by atoms with E-state index in [4.69, 9.17) is 14.4 Å². The van der Waals surface area contributed by atoms with Gasteiger partial charge in [-0.3, -0.25) is 9.79 Å². The fourth-order valence-corrected chi connectivity index (χ4v) is 0. The molecule has 0 spiro atoms. The van der Waals surface area contributed by atoms with Crippen LogP contribution >= 0.6 is 7.91 Å². The van der Waals surface area contributed by atoms with Gasteiger partial charge in [0.2, 0.25) is 0 Å². The Morgan fingerprint density at radius 3 is 1.50 bits per heavy atom. The first kappa shape index (κ1) is 9.78. The van der Waals surface area contributed by atoms with Crippen LogP contribution in [0.25, 0.3) is 0 Å². The average Bonchev–Trinajstić information content (AvgIpc) is 0.722. The van der Waals surface area contributed by atoms with E-state index in [9.17, 15) is 4.20 Å². The number of hydrogen-bond donors (Lipinski definition) is 2. The van der Waals surface area contributed by atoms with E-state index in [0.29, 0.717) is 0 Å². The Hall–Kier alpha value is 0.599. The molecule has 3 nitrogen and oxygen atoms in total. The zero-order chi connectivity index (χ0) is 4.50. The molecule has 39 valence electrons. The Balaban J connectivity index is 0. The van der Waals surface area contributed by atoms with E-state index in [1.807, 2.05) is 0 Å². The zero-order valence-electron chi connectivity index (χ0n) is 2.51. The van der Waals surface area contributed by atoms with Gasteiger partial charge in [-0.25, -0.2) is 4.57 Å². The molecule has 0 fully saturated rings. The van der Waals surface area contributed by atoms with Crippen LogP contribution in [0.2, 0.25) is 0 Å². The molecule has 0 amide bonds. The second-order valence-electron chi connectivity index (χ2n) is 0.473. The average molecular weight is 155 g/mol. The monoisotopic (exact) mass is 155 g/mol. The fourth-order valence-electron chi connectivity index (χ4n) is 0. The Labute approximate surface area is 44.3 Å². The molecule has 2 N–H and O–H groups in total. The summed E-state index contributed by atoms with van der Waals surface area (Å²) in [5.74, 6) is 0. The summed E-state index contributed by atoms with van der Waals surface area (Å²) in [7, 11) is -5.14. The molecule has 0 aliphatic rings. The van der Waals surface area contributed by atoms with Crippen LogP contribution in [0.1, 0.15) is 0 Å². The Morgan fingerprint density at radius 2 is 1.50 bits per heavy atom. The van der Waals surface area contributed by atoms with E-state index in [-0.39, 0.29) is 17.1 Å². The van der Waals surface area contributed by atoms with Crippen molar-refractivity contribution < 1.29 is 35.6 Å². The molecule has 0 saturated heterocycles. The van der Waals surface area contributed by atoms with Gasteiger partial charge in [0, 0.05) is 17.1 Å².